The van der Waals surface area contributed by atoms with Gasteiger partial charge in [-0.15, -0.1) is 0 Å². The minimum absolute atomic E-state index is 0.0395. The van der Waals surface area contributed by atoms with Crippen LogP contribution in [0, 0.1) is 20.8 Å². The number of ketones is 1. The van der Waals surface area contributed by atoms with E-state index in [0.717, 1.165) is 27.8 Å². The number of amides is 2. The van der Waals surface area contributed by atoms with Crippen LogP contribution < -0.4 is 16.4 Å². The zero-order valence-electron chi connectivity index (χ0n) is 28.0. The number of carboxylic acid groups (broad SMARTS) is 1. The van der Waals surface area contributed by atoms with Crippen molar-refractivity contribution in [3.05, 3.63) is 106 Å². The summed E-state index contributed by atoms with van der Waals surface area (Å²) in [5.41, 5.74) is 10.2. The third-order valence-electron chi connectivity index (χ3n) is 7.23. The Morgan fingerprint density at radius 1 is 0.800 bits per heavy atom. The second-order valence-corrected chi connectivity index (χ2v) is 11.4. The van der Waals surface area contributed by atoms with E-state index in [9.17, 15) is 32.3 Å². The van der Waals surface area contributed by atoms with Gasteiger partial charge in [0, 0.05) is 6.42 Å². The van der Waals surface area contributed by atoms with E-state index in [-0.39, 0.29) is 13.0 Å². The van der Waals surface area contributed by atoms with Crippen LogP contribution in [-0.2, 0) is 36.9 Å². The van der Waals surface area contributed by atoms with Crippen molar-refractivity contribution in [1.82, 2.24) is 10.6 Å². The van der Waals surface area contributed by atoms with Crippen LogP contribution in [0.25, 0.3) is 0 Å². The van der Waals surface area contributed by atoms with E-state index in [2.05, 4.69) is 10.6 Å². The first-order valence-electron chi connectivity index (χ1n) is 15.7. The number of ether oxygens (including phenoxy) is 2. The van der Waals surface area contributed by atoms with Gasteiger partial charge < -0.3 is 30.9 Å². The van der Waals surface area contributed by atoms with Gasteiger partial charge in [0.25, 0.3) is 0 Å². The Morgan fingerprint density at radius 3 is 1.86 bits per heavy atom. The van der Waals surface area contributed by atoms with Crippen LogP contribution >= 0.6 is 0 Å². The Balaban J connectivity index is 0.00000112. The topological polar surface area (TPSA) is 174 Å². The summed E-state index contributed by atoms with van der Waals surface area (Å²) in [6.07, 6.45) is -4.13. The maximum atomic E-state index is 13.5. The SMILES string of the molecule is Cc1cc(C)c(C(=O)OCC(=O)C(CCCCN)NC(=O)C(Cc2ccccc2)NC(=O)OCc2ccccc2)c(C)c1.O=C(O)C(F)(F)F. The van der Waals surface area contributed by atoms with Crippen LogP contribution in [0.1, 0.15) is 57.4 Å². The molecule has 270 valence electrons. The number of rotatable bonds is 15. The predicted molar refractivity (Wildman–Crippen MR) is 178 cm³/mol. The molecule has 2 atom stereocenters. The van der Waals surface area contributed by atoms with E-state index in [4.69, 9.17) is 25.1 Å². The molecule has 0 saturated heterocycles. The number of Topliss-reactive ketones (excluding diaryl/α,β-unsaturated/α-hetero) is 1. The second kappa shape index (κ2) is 20.3. The molecule has 0 aliphatic heterocycles. The Hall–Kier alpha value is -5.24. The molecule has 50 heavy (non-hydrogen) atoms. The van der Waals surface area contributed by atoms with Gasteiger partial charge >= 0.3 is 24.2 Å². The fourth-order valence-electron chi connectivity index (χ4n) is 4.86. The number of carbonyl (C=O) groups excluding carboxylic acids is 4. The van der Waals surface area contributed by atoms with Crippen LogP contribution in [0.2, 0.25) is 0 Å². The van der Waals surface area contributed by atoms with Crippen molar-refractivity contribution in [3.8, 4) is 0 Å². The predicted octanol–water partition coefficient (Wildman–Crippen LogP) is 5.12. The van der Waals surface area contributed by atoms with Crippen molar-refractivity contribution < 1.29 is 51.7 Å². The van der Waals surface area contributed by atoms with Crippen LogP contribution in [0.15, 0.2) is 72.8 Å². The summed E-state index contributed by atoms with van der Waals surface area (Å²) in [6, 6.07) is 20.2. The second-order valence-electron chi connectivity index (χ2n) is 11.4. The van der Waals surface area contributed by atoms with Gasteiger partial charge in [0.2, 0.25) is 5.91 Å². The van der Waals surface area contributed by atoms with Gasteiger partial charge in [-0.1, -0.05) is 78.4 Å². The number of alkyl halides is 3. The summed E-state index contributed by atoms with van der Waals surface area (Å²) >= 11 is 0. The molecule has 0 radical (unpaired) electrons. The molecule has 0 aliphatic rings. The summed E-state index contributed by atoms with van der Waals surface area (Å²) in [6.45, 7) is 5.54. The number of hydrogen-bond donors (Lipinski definition) is 4. The molecule has 2 amide bonds. The first kappa shape index (κ1) is 40.9. The van der Waals surface area contributed by atoms with E-state index in [1.165, 1.54) is 0 Å². The van der Waals surface area contributed by atoms with E-state index in [1.54, 1.807) is 0 Å². The molecule has 3 aromatic rings. The molecule has 0 aromatic heterocycles. The monoisotopic (exact) mass is 701 g/mol. The fraction of sp³-hybridized carbons (Fsp3) is 0.361. The van der Waals surface area contributed by atoms with Gasteiger partial charge in [-0.25, -0.2) is 14.4 Å². The van der Waals surface area contributed by atoms with E-state index < -0.39 is 54.6 Å². The van der Waals surface area contributed by atoms with Gasteiger partial charge in [-0.3, -0.25) is 9.59 Å². The van der Waals surface area contributed by atoms with Gasteiger partial charge in [0.1, 0.15) is 12.6 Å². The summed E-state index contributed by atoms with van der Waals surface area (Å²) in [5.74, 6) is -4.36. The van der Waals surface area contributed by atoms with Gasteiger partial charge in [0.05, 0.1) is 11.6 Å². The lowest BCUT2D eigenvalue weighted by molar-refractivity contribution is -0.192. The van der Waals surface area contributed by atoms with E-state index in [0.29, 0.717) is 31.4 Å². The molecular formula is C36H42F3N3O8. The number of alkyl carbamates (subject to hydrolysis) is 1. The number of benzene rings is 3. The minimum atomic E-state index is -5.08. The van der Waals surface area contributed by atoms with Crippen molar-refractivity contribution in [3.63, 3.8) is 0 Å². The molecule has 3 aromatic carbocycles. The van der Waals surface area contributed by atoms with E-state index >= 15 is 0 Å². The summed E-state index contributed by atoms with van der Waals surface area (Å²) in [4.78, 5) is 61.2. The molecule has 0 saturated carbocycles. The number of halogens is 3. The summed E-state index contributed by atoms with van der Waals surface area (Å²) in [5, 5.41) is 12.5. The summed E-state index contributed by atoms with van der Waals surface area (Å²) < 4.78 is 42.5. The lowest BCUT2D eigenvalue weighted by atomic mass is 10.00. The molecule has 0 fully saturated rings. The molecule has 14 heteroatoms. The number of aliphatic carboxylic acids is 1. The average Bonchev–Trinajstić information content (AvgIpc) is 3.06. The highest BCUT2D eigenvalue weighted by molar-refractivity contribution is 5.96. The number of carbonyl (C=O) groups is 5. The number of unbranched alkanes of at least 4 members (excludes halogenated alkanes) is 1. The van der Waals surface area contributed by atoms with Crippen molar-refractivity contribution >= 4 is 29.7 Å². The van der Waals surface area contributed by atoms with Crippen LogP contribution in [0.5, 0.6) is 0 Å². The van der Waals surface area contributed by atoms with Gasteiger partial charge in [-0.05, 0) is 68.8 Å². The highest BCUT2D eigenvalue weighted by Crippen LogP contribution is 2.18. The molecule has 0 spiro atoms. The van der Waals surface area contributed by atoms with E-state index in [1.807, 2.05) is 93.6 Å². The van der Waals surface area contributed by atoms with Crippen molar-refractivity contribution in [2.45, 2.75) is 71.3 Å². The third-order valence-corrected chi connectivity index (χ3v) is 7.23. The Labute approximate surface area is 288 Å². The number of nitrogens with two attached hydrogens (primary N) is 1. The van der Waals surface area contributed by atoms with Crippen molar-refractivity contribution in [2.24, 2.45) is 5.73 Å². The number of carboxylic acids is 1. The zero-order valence-corrected chi connectivity index (χ0v) is 28.0. The van der Waals surface area contributed by atoms with Gasteiger partial charge in [-0.2, -0.15) is 13.2 Å². The molecule has 11 nitrogen and oxygen atoms in total. The summed E-state index contributed by atoms with van der Waals surface area (Å²) in [7, 11) is 0. The number of nitrogens with one attached hydrogen (secondary N) is 2. The first-order chi connectivity index (χ1) is 23.6. The highest BCUT2D eigenvalue weighted by atomic mass is 19.4. The Bertz CT molecular complexity index is 1560. The molecule has 5 N–H and O–H groups in total. The van der Waals surface area contributed by atoms with Crippen molar-refractivity contribution in [1.29, 1.82) is 0 Å². The van der Waals surface area contributed by atoms with Crippen LogP contribution in [-0.4, -0.2) is 66.2 Å². The Morgan fingerprint density at radius 2 is 1.34 bits per heavy atom. The minimum Gasteiger partial charge on any atom is -0.475 e. The lowest BCUT2D eigenvalue weighted by Gasteiger charge is -2.23. The van der Waals surface area contributed by atoms with Gasteiger partial charge in [0.15, 0.2) is 12.4 Å². The normalized spacial score (nSPS) is 12.0. The largest absolute Gasteiger partial charge is 0.490 e. The number of hydrogen-bond acceptors (Lipinski definition) is 8. The standard InChI is InChI=1S/C34H41N3O6.C2HF3O2/c1-23-18-24(2)31(25(3)19-23)33(40)42-22-30(38)28(16-10-11-17-35)36-32(39)29(20-26-12-6-4-7-13-26)37-34(41)43-21-27-14-8-5-9-15-27;3-2(4,5)1(6)7/h4-9,12-15,18-19,28-29H,10-11,16-17,20-22,35H2,1-3H3,(H,36,39)(H,37,41);(H,6,7). The maximum absolute atomic E-state index is 13.5. The Kier molecular flexibility index (Phi) is 16.6. The molecule has 2 unspecified atom stereocenters. The molecule has 0 aliphatic carbocycles. The third kappa shape index (κ3) is 14.5. The zero-order chi connectivity index (χ0) is 37.3. The fourth-order valence-corrected chi connectivity index (χ4v) is 4.86. The molecule has 3 rings (SSSR count). The van der Waals surface area contributed by atoms with Crippen LogP contribution in [0.4, 0.5) is 18.0 Å². The molecule has 0 heterocycles. The first-order valence-corrected chi connectivity index (χ1v) is 15.7. The highest BCUT2D eigenvalue weighted by Gasteiger charge is 2.38. The van der Waals surface area contributed by atoms with Crippen molar-refractivity contribution in [2.75, 3.05) is 13.2 Å². The maximum Gasteiger partial charge on any atom is 0.490 e. The number of aryl methyl sites for hydroxylation is 3. The average molecular weight is 702 g/mol. The molecule has 0 bridgehead atoms. The smallest absolute Gasteiger partial charge is 0.475 e. The van der Waals surface area contributed by atoms with Crippen LogP contribution in [0.3, 0.4) is 0 Å². The number of esters is 1. The lowest BCUT2D eigenvalue weighted by Crippen LogP contribution is -2.53. The quantitative estimate of drug-likeness (QED) is 0.124. The molecular weight excluding hydrogens is 659 g/mol.